The normalized spacial score (nSPS) is 14.9. The number of imidazole rings is 1. The minimum Gasteiger partial charge on any atom is -0.476 e. The van der Waals surface area contributed by atoms with Gasteiger partial charge in [0.2, 0.25) is 5.88 Å². The molecule has 2 aromatic carbocycles. The van der Waals surface area contributed by atoms with Crippen molar-refractivity contribution >= 4 is 0 Å². The number of nitrogens with zero attached hydrogens (tertiary/aromatic N) is 2. The summed E-state index contributed by atoms with van der Waals surface area (Å²) in [6.07, 6.45) is 4.14. The van der Waals surface area contributed by atoms with E-state index in [0.29, 0.717) is 12.5 Å². The largest absolute Gasteiger partial charge is 0.476 e. The summed E-state index contributed by atoms with van der Waals surface area (Å²) in [6.45, 7) is 11.7. The number of aromatic nitrogens is 2. The smallest absolute Gasteiger partial charge is 0.232 e. The molecular weight excluding hydrogens is 332 g/mol. The SMILES string of the molecule is CCC1(CC)COc2cn(-c3c(C)cc(C)cc3C)c(n2)-c2ccccc21. The first-order valence-electron chi connectivity index (χ1n) is 9.89. The van der Waals surface area contributed by atoms with Gasteiger partial charge in [-0.15, -0.1) is 0 Å². The van der Waals surface area contributed by atoms with Crippen LogP contribution in [0.25, 0.3) is 17.1 Å². The van der Waals surface area contributed by atoms with E-state index in [2.05, 4.69) is 81.8 Å². The maximum atomic E-state index is 6.22. The molecule has 3 heteroatoms. The van der Waals surface area contributed by atoms with Crippen molar-refractivity contribution in [2.24, 2.45) is 0 Å². The molecule has 3 aromatic rings. The Hall–Kier alpha value is -2.55. The second-order valence-corrected chi connectivity index (χ2v) is 7.84. The molecule has 0 radical (unpaired) electrons. The second-order valence-electron chi connectivity index (χ2n) is 7.84. The summed E-state index contributed by atoms with van der Waals surface area (Å²) in [5.74, 6) is 1.69. The molecule has 0 saturated carbocycles. The fourth-order valence-electron chi connectivity index (χ4n) is 4.61. The van der Waals surface area contributed by atoms with E-state index in [1.165, 1.54) is 33.5 Å². The minimum absolute atomic E-state index is 0.0181. The van der Waals surface area contributed by atoms with Crippen LogP contribution in [0, 0.1) is 20.8 Å². The van der Waals surface area contributed by atoms with Crippen molar-refractivity contribution in [2.45, 2.75) is 52.9 Å². The lowest BCUT2D eigenvalue weighted by Gasteiger charge is -2.34. The van der Waals surface area contributed by atoms with Crippen LogP contribution >= 0.6 is 0 Å². The Labute approximate surface area is 162 Å². The van der Waals surface area contributed by atoms with Crippen molar-refractivity contribution in [3.05, 3.63) is 64.8 Å². The zero-order valence-corrected chi connectivity index (χ0v) is 17.0. The van der Waals surface area contributed by atoms with Gasteiger partial charge in [-0.05, 0) is 50.3 Å². The van der Waals surface area contributed by atoms with Crippen molar-refractivity contribution in [1.29, 1.82) is 0 Å². The fraction of sp³-hybridized carbons (Fsp3) is 0.375. The first-order chi connectivity index (χ1) is 13.0. The van der Waals surface area contributed by atoms with Crippen molar-refractivity contribution in [3.63, 3.8) is 0 Å². The Balaban J connectivity index is 2.01. The maximum absolute atomic E-state index is 6.22. The zero-order chi connectivity index (χ0) is 19.2. The molecule has 1 aliphatic heterocycles. The van der Waals surface area contributed by atoms with Crippen molar-refractivity contribution in [2.75, 3.05) is 6.61 Å². The average Bonchev–Trinajstić information content (AvgIpc) is 3.06. The first-order valence-corrected chi connectivity index (χ1v) is 9.89. The van der Waals surface area contributed by atoms with Gasteiger partial charge in [0.25, 0.3) is 0 Å². The third-order valence-corrected chi connectivity index (χ3v) is 6.15. The molecule has 3 nitrogen and oxygen atoms in total. The number of rotatable bonds is 3. The van der Waals surface area contributed by atoms with Crippen LogP contribution in [0.5, 0.6) is 5.88 Å². The van der Waals surface area contributed by atoms with Crippen LogP contribution in [0.2, 0.25) is 0 Å². The van der Waals surface area contributed by atoms with E-state index in [-0.39, 0.29) is 5.41 Å². The molecule has 0 amide bonds. The topological polar surface area (TPSA) is 27.1 Å². The van der Waals surface area contributed by atoms with Gasteiger partial charge >= 0.3 is 0 Å². The van der Waals surface area contributed by atoms with Gasteiger partial charge in [-0.25, -0.2) is 0 Å². The Morgan fingerprint density at radius 2 is 1.70 bits per heavy atom. The van der Waals surface area contributed by atoms with Crippen LogP contribution < -0.4 is 4.74 Å². The van der Waals surface area contributed by atoms with Crippen LogP contribution in [0.4, 0.5) is 0 Å². The highest BCUT2D eigenvalue weighted by Crippen LogP contribution is 2.42. The third kappa shape index (κ3) is 2.77. The summed E-state index contributed by atoms with van der Waals surface area (Å²) in [4.78, 5) is 4.87. The quantitative estimate of drug-likeness (QED) is 0.580. The number of hydrogen-bond acceptors (Lipinski definition) is 2. The monoisotopic (exact) mass is 360 g/mol. The van der Waals surface area contributed by atoms with E-state index in [9.17, 15) is 0 Å². The maximum Gasteiger partial charge on any atom is 0.232 e. The van der Waals surface area contributed by atoms with Gasteiger partial charge in [-0.1, -0.05) is 55.8 Å². The molecule has 140 valence electrons. The number of hydrogen-bond donors (Lipinski definition) is 0. The Bertz CT molecular complexity index is 972. The number of fused-ring (bicyclic) bond motifs is 4. The molecular formula is C24H28N2O. The summed E-state index contributed by atoms with van der Waals surface area (Å²) in [5, 5.41) is 0. The van der Waals surface area contributed by atoms with Crippen LogP contribution in [0.1, 0.15) is 48.9 Å². The van der Waals surface area contributed by atoms with Crippen molar-refractivity contribution < 1.29 is 4.74 Å². The molecule has 0 N–H and O–H groups in total. The molecule has 1 aliphatic rings. The summed E-state index contributed by atoms with van der Waals surface area (Å²) >= 11 is 0. The predicted molar refractivity (Wildman–Crippen MR) is 111 cm³/mol. The van der Waals surface area contributed by atoms with Crippen LogP contribution in [-0.4, -0.2) is 16.2 Å². The standard InChI is InChI=1S/C24H28N2O/c1-6-24(7-2)15-27-21-14-26(22-17(4)12-16(3)13-18(22)5)23(25-21)19-10-8-9-11-20(19)24/h8-14H,6-7,15H2,1-5H3. The highest BCUT2D eigenvalue weighted by molar-refractivity contribution is 5.68. The second kappa shape index (κ2) is 6.56. The molecule has 2 heterocycles. The molecule has 4 rings (SSSR count). The molecule has 0 unspecified atom stereocenters. The van der Waals surface area contributed by atoms with Gasteiger partial charge in [-0.3, -0.25) is 4.57 Å². The lowest BCUT2D eigenvalue weighted by atomic mass is 9.74. The molecule has 0 aliphatic carbocycles. The number of benzene rings is 2. The van der Waals surface area contributed by atoms with Gasteiger partial charge in [0, 0.05) is 11.0 Å². The average molecular weight is 361 g/mol. The highest BCUT2D eigenvalue weighted by atomic mass is 16.5. The minimum atomic E-state index is 0.0181. The van der Waals surface area contributed by atoms with Gasteiger partial charge in [-0.2, -0.15) is 4.98 Å². The first kappa shape index (κ1) is 17.8. The van der Waals surface area contributed by atoms with E-state index < -0.39 is 0 Å². The lowest BCUT2D eigenvalue weighted by molar-refractivity contribution is 0.196. The van der Waals surface area contributed by atoms with Crippen LogP contribution in [0.3, 0.4) is 0 Å². The van der Waals surface area contributed by atoms with Gasteiger partial charge in [0.15, 0.2) is 0 Å². The van der Waals surface area contributed by atoms with Gasteiger partial charge in [0.05, 0.1) is 18.5 Å². The molecule has 27 heavy (non-hydrogen) atoms. The molecule has 1 aromatic heterocycles. The van der Waals surface area contributed by atoms with Crippen molar-refractivity contribution in [3.8, 4) is 23.0 Å². The molecule has 0 atom stereocenters. The molecule has 0 fully saturated rings. The Morgan fingerprint density at radius 1 is 1.04 bits per heavy atom. The highest BCUT2D eigenvalue weighted by Gasteiger charge is 2.35. The molecule has 0 spiro atoms. The fourth-order valence-corrected chi connectivity index (χ4v) is 4.61. The summed E-state index contributed by atoms with van der Waals surface area (Å²) in [7, 11) is 0. The van der Waals surface area contributed by atoms with Crippen LogP contribution in [0.15, 0.2) is 42.6 Å². The van der Waals surface area contributed by atoms with E-state index >= 15 is 0 Å². The van der Waals surface area contributed by atoms with Crippen LogP contribution in [-0.2, 0) is 5.41 Å². The van der Waals surface area contributed by atoms with Crippen molar-refractivity contribution in [1.82, 2.24) is 9.55 Å². The third-order valence-electron chi connectivity index (χ3n) is 6.15. The zero-order valence-electron chi connectivity index (χ0n) is 17.0. The summed E-state index contributed by atoms with van der Waals surface area (Å²) in [6, 6.07) is 13.2. The Morgan fingerprint density at radius 3 is 2.37 bits per heavy atom. The van der Waals surface area contributed by atoms with E-state index in [4.69, 9.17) is 9.72 Å². The predicted octanol–water partition coefficient (Wildman–Crippen LogP) is 5.91. The van der Waals surface area contributed by atoms with E-state index in [1.807, 2.05) is 0 Å². The number of ether oxygens (including phenoxy) is 1. The lowest BCUT2D eigenvalue weighted by Crippen LogP contribution is -2.33. The van der Waals surface area contributed by atoms with E-state index in [1.54, 1.807) is 0 Å². The molecule has 2 bridgehead atoms. The molecule has 0 saturated heterocycles. The van der Waals surface area contributed by atoms with E-state index in [0.717, 1.165) is 18.7 Å². The summed E-state index contributed by atoms with van der Waals surface area (Å²) in [5.41, 5.74) is 7.58. The van der Waals surface area contributed by atoms with Gasteiger partial charge in [0.1, 0.15) is 5.82 Å². The number of aryl methyl sites for hydroxylation is 3. The Kier molecular flexibility index (Phi) is 4.33. The summed E-state index contributed by atoms with van der Waals surface area (Å²) < 4.78 is 8.44. The van der Waals surface area contributed by atoms with Gasteiger partial charge < -0.3 is 4.74 Å².